The molecule has 0 bridgehead atoms. The Morgan fingerprint density at radius 2 is 1.90 bits per heavy atom. The fraction of sp³-hybridized carbons (Fsp3) is 0.267. The van der Waals surface area contributed by atoms with Crippen molar-refractivity contribution in [2.75, 3.05) is 0 Å². The molecule has 2 aromatic rings. The lowest BCUT2D eigenvalue weighted by Crippen LogP contribution is -2.22. The van der Waals surface area contributed by atoms with Crippen LogP contribution in [-0.2, 0) is 5.54 Å². The Morgan fingerprint density at radius 3 is 2.35 bits per heavy atom. The van der Waals surface area contributed by atoms with Gasteiger partial charge in [0.2, 0.25) is 0 Å². The molecular formula is C15H15N3O2. The van der Waals surface area contributed by atoms with Crippen LogP contribution in [0.25, 0.3) is 11.3 Å². The van der Waals surface area contributed by atoms with Gasteiger partial charge in [-0.1, -0.05) is 12.1 Å². The van der Waals surface area contributed by atoms with Crippen LogP contribution in [0.5, 0.6) is 0 Å². The van der Waals surface area contributed by atoms with Crippen molar-refractivity contribution in [1.82, 2.24) is 9.78 Å². The number of hydrogen-bond acceptors (Lipinski definition) is 3. The molecule has 1 aromatic heterocycles. The van der Waals surface area contributed by atoms with Crippen LogP contribution in [0.3, 0.4) is 0 Å². The number of hydrogen-bond donors (Lipinski definition) is 1. The molecule has 20 heavy (non-hydrogen) atoms. The fourth-order valence-electron chi connectivity index (χ4n) is 1.79. The molecule has 1 heterocycles. The Labute approximate surface area is 117 Å². The number of aromatic carboxylic acids is 1. The van der Waals surface area contributed by atoms with Crippen molar-refractivity contribution in [3.05, 3.63) is 41.6 Å². The van der Waals surface area contributed by atoms with Crippen LogP contribution >= 0.6 is 0 Å². The third-order valence-electron chi connectivity index (χ3n) is 2.92. The molecule has 0 saturated carbocycles. The molecule has 102 valence electrons. The monoisotopic (exact) mass is 269 g/mol. The van der Waals surface area contributed by atoms with E-state index in [0.717, 1.165) is 0 Å². The average Bonchev–Trinajstić information content (AvgIpc) is 2.84. The number of carbonyl (C=O) groups is 1. The molecule has 0 amide bonds. The van der Waals surface area contributed by atoms with Crippen molar-refractivity contribution in [1.29, 1.82) is 5.26 Å². The minimum absolute atomic E-state index is 0.157. The first-order valence-electron chi connectivity index (χ1n) is 6.17. The predicted molar refractivity (Wildman–Crippen MR) is 74.3 cm³/mol. The van der Waals surface area contributed by atoms with Gasteiger partial charge < -0.3 is 5.11 Å². The molecule has 0 aliphatic carbocycles. The Morgan fingerprint density at radius 1 is 1.30 bits per heavy atom. The second-order valence-electron chi connectivity index (χ2n) is 5.50. The third kappa shape index (κ3) is 2.54. The van der Waals surface area contributed by atoms with Crippen molar-refractivity contribution < 1.29 is 9.90 Å². The van der Waals surface area contributed by atoms with Gasteiger partial charge in [-0.2, -0.15) is 10.4 Å². The van der Waals surface area contributed by atoms with Crippen molar-refractivity contribution in [2.24, 2.45) is 0 Å². The lowest BCUT2D eigenvalue weighted by Gasteiger charge is -2.18. The van der Waals surface area contributed by atoms with Crippen LogP contribution in [0.4, 0.5) is 0 Å². The van der Waals surface area contributed by atoms with Gasteiger partial charge in [0.15, 0.2) is 0 Å². The van der Waals surface area contributed by atoms with Gasteiger partial charge in [-0.05, 0) is 32.9 Å². The summed E-state index contributed by atoms with van der Waals surface area (Å²) in [5, 5.41) is 22.5. The van der Waals surface area contributed by atoms with E-state index in [4.69, 9.17) is 5.26 Å². The van der Waals surface area contributed by atoms with Gasteiger partial charge in [-0.15, -0.1) is 0 Å². The minimum Gasteiger partial charge on any atom is -0.478 e. The van der Waals surface area contributed by atoms with Gasteiger partial charge in [0.25, 0.3) is 0 Å². The zero-order chi connectivity index (χ0) is 14.9. The predicted octanol–water partition coefficient (Wildman–Crippen LogP) is 2.87. The van der Waals surface area contributed by atoms with Crippen LogP contribution in [-0.4, -0.2) is 20.9 Å². The summed E-state index contributed by atoms with van der Waals surface area (Å²) >= 11 is 0. The average molecular weight is 269 g/mol. The maximum atomic E-state index is 11.4. The molecule has 5 heteroatoms. The summed E-state index contributed by atoms with van der Waals surface area (Å²) in [6.07, 6.45) is 1.54. The van der Waals surface area contributed by atoms with Crippen molar-refractivity contribution in [3.63, 3.8) is 0 Å². The number of carboxylic acids is 1. The number of carboxylic acid groups (broad SMARTS) is 1. The summed E-state index contributed by atoms with van der Waals surface area (Å²) in [5.74, 6) is -1.01. The molecule has 0 aliphatic rings. The van der Waals surface area contributed by atoms with E-state index < -0.39 is 5.97 Å². The summed E-state index contributed by atoms with van der Waals surface area (Å²) in [6.45, 7) is 5.86. The Bertz CT molecular complexity index is 685. The first-order valence-corrected chi connectivity index (χ1v) is 6.17. The highest BCUT2D eigenvalue weighted by Crippen LogP contribution is 2.25. The molecule has 0 radical (unpaired) electrons. The molecule has 0 unspecified atom stereocenters. The summed E-state index contributed by atoms with van der Waals surface area (Å²) in [7, 11) is 0. The van der Waals surface area contributed by atoms with E-state index in [1.54, 1.807) is 28.9 Å². The van der Waals surface area contributed by atoms with Gasteiger partial charge in [0.05, 0.1) is 17.2 Å². The third-order valence-corrected chi connectivity index (χ3v) is 2.92. The maximum absolute atomic E-state index is 11.4. The molecule has 0 aliphatic heterocycles. The second kappa shape index (κ2) is 4.82. The molecular weight excluding hydrogens is 254 g/mol. The van der Waals surface area contributed by atoms with Gasteiger partial charge in [-0.3, -0.25) is 4.68 Å². The van der Waals surface area contributed by atoms with E-state index in [9.17, 15) is 9.90 Å². The van der Waals surface area contributed by atoms with Gasteiger partial charge >= 0.3 is 5.97 Å². The number of rotatable bonds is 2. The summed E-state index contributed by atoms with van der Waals surface area (Å²) in [5.41, 5.74) is 1.49. The topological polar surface area (TPSA) is 78.9 Å². The standard InChI is InChI=1S/C15H15N3O2/c1-15(2,3)18-9-12(14(19)20)13(17-18)11-6-4-10(8-16)5-7-11/h4-7,9H,1-3H3,(H,19,20). The molecule has 1 N–H and O–H groups in total. The molecule has 0 saturated heterocycles. The largest absolute Gasteiger partial charge is 0.478 e. The first-order chi connectivity index (χ1) is 9.32. The van der Waals surface area contributed by atoms with Crippen LogP contribution in [0.1, 0.15) is 36.7 Å². The van der Waals surface area contributed by atoms with Gasteiger partial charge in [0.1, 0.15) is 11.3 Å². The van der Waals surface area contributed by atoms with E-state index in [0.29, 0.717) is 16.8 Å². The highest BCUT2D eigenvalue weighted by molar-refractivity contribution is 5.94. The lowest BCUT2D eigenvalue weighted by atomic mass is 10.1. The van der Waals surface area contributed by atoms with E-state index in [1.165, 1.54) is 6.20 Å². The molecule has 0 atom stereocenters. The van der Waals surface area contributed by atoms with Crippen molar-refractivity contribution in [2.45, 2.75) is 26.3 Å². The quantitative estimate of drug-likeness (QED) is 0.909. The van der Waals surface area contributed by atoms with Crippen LogP contribution in [0, 0.1) is 11.3 Å². The van der Waals surface area contributed by atoms with E-state index in [1.807, 2.05) is 26.8 Å². The lowest BCUT2D eigenvalue weighted by molar-refractivity contribution is 0.0697. The first kappa shape index (κ1) is 13.8. The minimum atomic E-state index is -1.01. The molecule has 0 fully saturated rings. The zero-order valence-corrected chi connectivity index (χ0v) is 11.6. The Kier molecular flexibility index (Phi) is 3.33. The smallest absolute Gasteiger partial charge is 0.339 e. The van der Waals surface area contributed by atoms with Crippen LogP contribution in [0.15, 0.2) is 30.5 Å². The van der Waals surface area contributed by atoms with Crippen molar-refractivity contribution >= 4 is 5.97 Å². The molecule has 1 aromatic carbocycles. The number of nitrogens with zero attached hydrogens (tertiary/aromatic N) is 3. The van der Waals surface area contributed by atoms with Crippen molar-refractivity contribution in [3.8, 4) is 17.3 Å². The van der Waals surface area contributed by atoms with Gasteiger partial charge in [0, 0.05) is 11.8 Å². The van der Waals surface area contributed by atoms with E-state index in [2.05, 4.69) is 5.10 Å². The van der Waals surface area contributed by atoms with E-state index in [-0.39, 0.29) is 11.1 Å². The fourth-order valence-corrected chi connectivity index (χ4v) is 1.79. The van der Waals surface area contributed by atoms with Gasteiger partial charge in [-0.25, -0.2) is 4.79 Å². The normalized spacial score (nSPS) is 11.1. The molecule has 5 nitrogen and oxygen atoms in total. The Hall–Kier alpha value is -2.61. The zero-order valence-electron chi connectivity index (χ0n) is 11.6. The highest BCUT2D eigenvalue weighted by atomic mass is 16.4. The summed E-state index contributed by atoms with van der Waals surface area (Å²) < 4.78 is 1.64. The molecule has 0 spiro atoms. The number of aromatic nitrogens is 2. The van der Waals surface area contributed by atoms with Crippen LogP contribution in [0.2, 0.25) is 0 Å². The van der Waals surface area contributed by atoms with E-state index >= 15 is 0 Å². The summed E-state index contributed by atoms with van der Waals surface area (Å²) in [4.78, 5) is 11.4. The molecule has 2 rings (SSSR count). The second-order valence-corrected chi connectivity index (χ2v) is 5.50. The number of benzene rings is 1. The Balaban J connectivity index is 2.57. The number of nitriles is 1. The maximum Gasteiger partial charge on any atom is 0.339 e. The van der Waals surface area contributed by atoms with Crippen LogP contribution < -0.4 is 0 Å². The SMILES string of the molecule is CC(C)(C)n1cc(C(=O)O)c(-c2ccc(C#N)cc2)n1. The summed E-state index contributed by atoms with van der Waals surface area (Å²) in [6, 6.07) is 8.75. The highest BCUT2D eigenvalue weighted by Gasteiger charge is 2.22.